The predicted molar refractivity (Wildman–Crippen MR) is 78.8 cm³/mol. The van der Waals surface area contributed by atoms with Gasteiger partial charge in [-0.15, -0.1) is 11.6 Å². The van der Waals surface area contributed by atoms with E-state index >= 15 is 0 Å². The zero-order valence-electron chi connectivity index (χ0n) is 9.95. The van der Waals surface area contributed by atoms with Gasteiger partial charge in [0.25, 0.3) is 0 Å². The van der Waals surface area contributed by atoms with Crippen molar-refractivity contribution in [3.05, 3.63) is 27.7 Å². The van der Waals surface area contributed by atoms with Crippen LogP contribution < -0.4 is 4.72 Å². The van der Waals surface area contributed by atoms with Crippen LogP contribution in [-0.2, 0) is 10.0 Å². The lowest BCUT2D eigenvalue weighted by Gasteiger charge is -2.20. The van der Waals surface area contributed by atoms with Gasteiger partial charge in [-0.1, -0.05) is 41.4 Å². The van der Waals surface area contributed by atoms with Gasteiger partial charge in [0.15, 0.2) is 0 Å². The molecule has 0 amide bonds. The minimum absolute atomic E-state index is 0.0585. The van der Waals surface area contributed by atoms with Crippen LogP contribution in [0.15, 0.2) is 27.6 Å². The predicted octanol–water partition coefficient (Wildman–Crippen LogP) is 3.64. The molecule has 0 aliphatic heterocycles. The van der Waals surface area contributed by atoms with E-state index in [-0.39, 0.29) is 27.8 Å². The summed E-state index contributed by atoms with van der Waals surface area (Å²) < 4.78 is 27.6. The Balaban J connectivity index is 3.06. The van der Waals surface area contributed by atoms with Crippen LogP contribution in [0, 0.1) is 5.92 Å². The van der Waals surface area contributed by atoms with Crippen molar-refractivity contribution >= 4 is 49.2 Å². The molecule has 18 heavy (non-hydrogen) atoms. The van der Waals surface area contributed by atoms with Crippen LogP contribution >= 0.6 is 39.1 Å². The molecule has 1 rings (SSSR count). The van der Waals surface area contributed by atoms with Gasteiger partial charge < -0.3 is 0 Å². The molecule has 0 saturated heterocycles. The molecule has 0 fully saturated rings. The quantitative estimate of drug-likeness (QED) is 0.799. The number of rotatable bonds is 5. The van der Waals surface area contributed by atoms with E-state index in [0.29, 0.717) is 0 Å². The second-order valence-corrected chi connectivity index (χ2v) is 7.51. The maximum atomic E-state index is 12.2. The monoisotopic (exact) mass is 373 g/mol. The van der Waals surface area contributed by atoms with Crippen molar-refractivity contribution in [1.29, 1.82) is 0 Å². The summed E-state index contributed by atoms with van der Waals surface area (Å²) in [4.78, 5) is 0.0585. The first-order valence-electron chi connectivity index (χ1n) is 5.31. The van der Waals surface area contributed by atoms with Gasteiger partial charge in [-0.25, -0.2) is 13.1 Å². The van der Waals surface area contributed by atoms with Crippen LogP contribution in [0.2, 0.25) is 5.02 Å². The maximum Gasteiger partial charge on any atom is 0.242 e. The summed E-state index contributed by atoms with van der Waals surface area (Å²) in [6.45, 7) is 3.80. The number of sulfonamides is 1. The number of nitrogens with one attached hydrogen (secondary N) is 1. The van der Waals surface area contributed by atoms with Gasteiger partial charge in [0.2, 0.25) is 10.0 Å². The van der Waals surface area contributed by atoms with Gasteiger partial charge in [0.05, 0.1) is 5.02 Å². The molecule has 0 spiro atoms. The largest absolute Gasteiger partial charge is 0.242 e. The zero-order chi connectivity index (χ0) is 13.9. The Morgan fingerprint density at radius 1 is 1.39 bits per heavy atom. The minimum atomic E-state index is -3.65. The molecular formula is C11H14BrCl2NO2S. The van der Waals surface area contributed by atoms with E-state index in [1.54, 1.807) is 12.1 Å². The smallest absolute Gasteiger partial charge is 0.207 e. The summed E-state index contributed by atoms with van der Waals surface area (Å²) in [6, 6.07) is 4.31. The lowest BCUT2D eigenvalue weighted by molar-refractivity contribution is 0.480. The third-order valence-corrected chi connectivity index (χ3v) is 5.26. The molecule has 1 unspecified atom stereocenters. The molecule has 0 aliphatic rings. The fourth-order valence-corrected chi connectivity index (χ4v) is 4.25. The van der Waals surface area contributed by atoms with E-state index < -0.39 is 10.0 Å². The Morgan fingerprint density at radius 3 is 2.44 bits per heavy atom. The van der Waals surface area contributed by atoms with Gasteiger partial charge >= 0.3 is 0 Å². The molecule has 0 heterocycles. The van der Waals surface area contributed by atoms with Gasteiger partial charge in [-0.2, -0.15) is 0 Å². The Morgan fingerprint density at radius 2 is 2.00 bits per heavy atom. The van der Waals surface area contributed by atoms with Crippen molar-refractivity contribution in [3.8, 4) is 0 Å². The Labute approximate surface area is 126 Å². The van der Waals surface area contributed by atoms with Crippen molar-refractivity contribution in [3.63, 3.8) is 0 Å². The van der Waals surface area contributed by atoms with E-state index in [0.717, 1.165) is 4.47 Å². The summed E-state index contributed by atoms with van der Waals surface area (Å²) in [5, 5.41) is 0.175. The molecule has 0 bridgehead atoms. The molecule has 102 valence electrons. The lowest BCUT2D eigenvalue weighted by atomic mass is 10.1. The highest BCUT2D eigenvalue weighted by atomic mass is 79.9. The van der Waals surface area contributed by atoms with E-state index in [1.165, 1.54) is 6.07 Å². The van der Waals surface area contributed by atoms with E-state index in [4.69, 9.17) is 23.2 Å². The first-order valence-corrected chi connectivity index (χ1v) is 8.50. The van der Waals surface area contributed by atoms with Gasteiger partial charge in [0, 0.05) is 16.4 Å². The van der Waals surface area contributed by atoms with Gasteiger partial charge in [-0.3, -0.25) is 0 Å². The van der Waals surface area contributed by atoms with Crippen LogP contribution in [0.25, 0.3) is 0 Å². The number of hydrogen-bond acceptors (Lipinski definition) is 2. The molecule has 7 heteroatoms. The second-order valence-electron chi connectivity index (χ2n) is 4.20. The van der Waals surface area contributed by atoms with Crippen molar-refractivity contribution in [2.45, 2.75) is 24.8 Å². The Bertz CT molecular complexity index is 520. The molecule has 1 aromatic rings. The molecule has 0 aliphatic carbocycles. The maximum absolute atomic E-state index is 12.2. The van der Waals surface area contributed by atoms with E-state index in [2.05, 4.69) is 20.7 Å². The van der Waals surface area contributed by atoms with Gasteiger partial charge in [0.1, 0.15) is 4.90 Å². The fourth-order valence-electron chi connectivity index (χ4n) is 1.30. The number of hydrogen-bond donors (Lipinski definition) is 1. The normalized spacial score (nSPS) is 13.9. The summed E-state index contributed by atoms with van der Waals surface area (Å²) in [5.41, 5.74) is 0. The molecule has 1 aromatic carbocycles. The average molecular weight is 375 g/mol. The Hall–Kier alpha value is 0.190. The number of halogens is 3. The third-order valence-electron chi connectivity index (χ3n) is 2.46. The van der Waals surface area contributed by atoms with Crippen LogP contribution in [0.1, 0.15) is 13.8 Å². The minimum Gasteiger partial charge on any atom is -0.207 e. The summed E-state index contributed by atoms with van der Waals surface area (Å²) in [7, 11) is -3.65. The molecular weight excluding hydrogens is 361 g/mol. The highest BCUT2D eigenvalue weighted by Crippen LogP contribution is 2.25. The molecule has 0 saturated carbocycles. The summed E-state index contributed by atoms with van der Waals surface area (Å²) >= 11 is 14.9. The molecule has 1 N–H and O–H groups in total. The van der Waals surface area contributed by atoms with Crippen molar-refractivity contribution < 1.29 is 8.42 Å². The summed E-state index contributed by atoms with van der Waals surface area (Å²) in [5.74, 6) is 0.317. The number of benzene rings is 1. The zero-order valence-corrected chi connectivity index (χ0v) is 13.9. The molecule has 0 radical (unpaired) electrons. The first-order chi connectivity index (χ1) is 8.27. The first kappa shape index (κ1) is 16.2. The van der Waals surface area contributed by atoms with Crippen molar-refractivity contribution in [2.75, 3.05) is 5.88 Å². The van der Waals surface area contributed by atoms with Crippen LogP contribution in [0.3, 0.4) is 0 Å². The molecule has 1 atom stereocenters. The third kappa shape index (κ3) is 4.10. The molecule has 3 nitrogen and oxygen atoms in total. The van der Waals surface area contributed by atoms with Crippen LogP contribution in [-0.4, -0.2) is 20.3 Å². The van der Waals surface area contributed by atoms with Crippen molar-refractivity contribution in [2.24, 2.45) is 5.92 Å². The van der Waals surface area contributed by atoms with Crippen LogP contribution in [0.5, 0.6) is 0 Å². The van der Waals surface area contributed by atoms with E-state index in [9.17, 15) is 8.42 Å². The summed E-state index contributed by atoms with van der Waals surface area (Å²) in [6.07, 6.45) is 0. The average Bonchev–Trinajstić information content (AvgIpc) is 2.24. The van der Waals surface area contributed by atoms with E-state index in [1.807, 2.05) is 13.8 Å². The fraction of sp³-hybridized carbons (Fsp3) is 0.455. The standard InChI is InChI=1S/C11H14BrCl2NO2S/c1-7(2)10(6-13)15-18(16,17)11-4-3-8(12)5-9(11)14/h3-5,7,10,15H,6H2,1-2H3. The highest BCUT2D eigenvalue weighted by Gasteiger charge is 2.23. The Kier molecular flexibility index (Phi) is 5.93. The van der Waals surface area contributed by atoms with Gasteiger partial charge in [-0.05, 0) is 24.1 Å². The lowest BCUT2D eigenvalue weighted by Crippen LogP contribution is -2.39. The van der Waals surface area contributed by atoms with Crippen LogP contribution in [0.4, 0.5) is 0 Å². The highest BCUT2D eigenvalue weighted by molar-refractivity contribution is 9.10. The van der Waals surface area contributed by atoms with Crippen molar-refractivity contribution in [1.82, 2.24) is 4.72 Å². The second kappa shape index (κ2) is 6.57. The topological polar surface area (TPSA) is 46.2 Å². The SMILES string of the molecule is CC(C)C(CCl)NS(=O)(=O)c1ccc(Br)cc1Cl. The molecule has 0 aromatic heterocycles. The number of alkyl halides is 1.